The predicted octanol–water partition coefficient (Wildman–Crippen LogP) is 4.29. The monoisotopic (exact) mass is 334 g/mol. The van der Waals surface area contributed by atoms with Gasteiger partial charge in [0.05, 0.1) is 12.7 Å². The Morgan fingerprint density at radius 3 is 2.89 bits per heavy atom. The van der Waals surface area contributed by atoms with Crippen molar-refractivity contribution >= 4 is 38.9 Å². The molecule has 0 saturated heterocycles. The molecule has 0 aliphatic carbocycles. The molecule has 5 heteroatoms. The van der Waals surface area contributed by atoms with Crippen molar-refractivity contribution in [3.05, 3.63) is 44.3 Å². The van der Waals surface area contributed by atoms with Crippen LogP contribution < -0.4 is 4.74 Å². The summed E-state index contributed by atoms with van der Waals surface area (Å²) in [5, 5.41) is 11.9. The molecule has 1 aromatic carbocycles. The number of aryl methyl sites for hydroxylation is 1. The number of halogens is 1. The molecular formula is C14H11BrN2OS. The molecule has 0 N–H and O–H groups in total. The third-order valence-electron chi connectivity index (χ3n) is 2.46. The van der Waals surface area contributed by atoms with E-state index in [1.165, 1.54) is 11.3 Å². The van der Waals surface area contributed by atoms with Gasteiger partial charge in [-0.05, 0) is 31.2 Å². The number of nitriles is 1. The number of nitrogens with zero attached hydrogens (tertiary/aromatic N) is 2. The molecule has 1 aromatic heterocycles. The average molecular weight is 335 g/mol. The van der Waals surface area contributed by atoms with Crippen LogP contribution in [0.1, 0.15) is 16.3 Å². The summed E-state index contributed by atoms with van der Waals surface area (Å²) >= 11 is 4.88. The number of aromatic nitrogens is 1. The molecule has 2 aromatic rings. The molecule has 2 rings (SSSR count). The Morgan fingerprint density at radius 1 is 1.53 bits per heavy atom. The Bertz CT molecular complexity index is 670. The van der Waals surface area contributed by atoms with Crippen LogP contribution in [0, 0.1) is 18.3 Å². The van der Waals surface area contributed by atoms with E-state index < -0.39 is 0 Å². The van der Waals surface area contributed by atoms with Gasteiger partial charge in [-0.2, -0.15) is 5.26 Å². The highest BCUT2D eigenvalue weighted by Gasteiger charge is 2.08. The number of hydrogen-bond donors (Lipinski definition) is 0. The van der Waals surface area contributed by atoms with Crippen LogP contribution in [0.4, 0.5) is 0 Å². The molecule has 3 nitrogen and oxygen atoms in total. The van der Waals surface area contributed by atoms with Gasteiger partial charge in [-0.3, -0.25) is 0 Å². The quantitative estimate of drug-likeness (QED) is 0.786. The molecule has 0 fully saturated rings. The van der Waals surface area contributed by atoms with Crippen molar-refractivity contribution in [2.45, 2.75) is 6.92 Å². The summed E-state index contributed by atoms with van der Waals surface area (Å²) in [5.74, 6) is 0.726. The normalized spacial score (nSPS) is 11.2. The van der Waals surface area contributed by atoms with Crippen LogP contribution in [0.5, 0.6) is 5.75 Å². The zero-order valence-electron chi connectivity index (χ0n) is 10.5. The number of thiazole rings is 1. The molecule has 0 saturated carbocycles. The van der Waals surface area contributed by atoms with Gasteiger partial charge < -0.3 is 4.74 Å². The van der Waals surface area contributed by atoms with E-state index in [4.69, 9.17) is 4.74 Å². The first-order chi connectivity index (χ1) is 9.13. The van der Waals surface area contributed by atoms with Crippen LogP contribution in [0.3, 0.4) is 0 Å². The molecule has 19 heavy (non-hydrogen) atoms. The highest BCUT2D eigenvalue weighted by atomic mass is 79.9. The number of hydrogen-bond acceptors (Lipinski definition) is 4. The van der Waals surface area contributed by atoms with Gasteiger partial charge in [-0.25, -0.2) is 4.98 Å². The lowest BCUT2D eigenvalue weighted by Gasteiger charge is -2.05. The van der Waals surface area contributed by atoms with Crippen molar-refractivity contribution in [1.29, 1.82) is 5.26 Å². The smallest absolute Gasteiger partial charge is 0.134 e. The van der Waals surface area contributed by atoms with Crippen molar-refractivity contribution < 1.29 is 4.74 Å². The fraction of sp³-hybridized carbons (Fsp3) is 0.143. The molecule has 0 radical (unpaired) electrons. The SMILES string of the molecule is COc1ccc(Br)cc1C=C(C#N)c1nc(C)cs1. The van der Waals surface area contributed by atoms with Crippen LogP contribution in [0.25, 0.3) is 11.6 Å². The van der Waals surface area contributed by atoms with E-state index >= 15 is 0 Å². The number of benzene rings is 1. The van der Waals surface area contributed by atoms with Crippen LogP contribution >= 0.6 is 27.3 Å². The summed E-state index contributed by atoms with van der Waals surface area (Å²) in [5.41, 5.74) is 2.30. The third-order valence-corrected chi connectivity index (χ3v) is 3.95. The first-order valence-electron chi connectivity index (χ1n) is 5.52. The zero-order chi connectivity index (χ0) is 13.8. The Morgan fingerprint density at radius 2 is 2.32 bits per heavy atom. The lowest BCUT2D eigenvalue weighted by atomic mass is 10.1. The summed E-state index contributed by atoms with van der Waals surface area (Å²) in [6.07, 6.45) is 1.79. The second-order valence-electron chi connectivity index (χ2n) is 3.85. The maximum atomic E-state index is 9.28. The van der Waals surface area contributed by atoms with Gasteiger partial charge in [0.1, 0.15) is 16.8 Å². The van der Waals surface area contributed by atoms with Crippen molar-refractivity contribution in [2.75, 3.05) is 7.11 Å². The fourth-order valence-corrected chi connectivity index (χ4v) is 2.73. The Balaban J connectivity index is 2.49. The van der Waals surface area contributed by atoms with Gasteiger partial charge in [0.25, 0.3) is 0 Å². The highest BCUT2D eigenvalue weighted by Crippen LogP contribution is 2.28. The molecular weight excluding hydrogens is 324 g/mol. The van der Waals surface area contributed by atoms with Crippen LogP contribution in [0.2, 0.25) is 0 Å². The average Bonchev–Trinajstić information content (AvgIpc) is 2.82. The van der Waals surface area contributed by atoms with Crippen molar-refractivity contribution in [1.82, 2.24) is 4.98 Å². The number of methoxy groups -OCH3 is 1. The van der Waals surface area contributed by atoms with Gasteiger partial charge in [-0.1, -0.05) is 15.9 Å². The highest BCUT2D eigenvalue weighted by molar-refractivity contribution is 9.10. The minimum absolute atomic E-state index is 0.537. The second-order valence-corrected chi connectivity index (χ2v) is 5.62. The molecule has 0 spiro atoms. The standard InChI is InChI=1S/C14H11BrN2OS/c1-9-8-19-14(17-9)11(7-16)5-10-6-12(15)3-4-13(10)18-2/h3-6,8H,1-2H3. The molecule has 1 heterocycles. The Labute approximate surface area is 124 Å². The summed E-state index contributed by atoms with van der Waals surface area (Å²) in [6, 6.07) is 7.86. The van der Waals surface area contributed by atoms with Crippen LogP contribution in [0.15, 0.2) is 28.1 Å². The van der Waals surface area contributed by atoms with Crippen molar-refractivity contribution in [3.63, 3.8) is 0 Å². The number of ether oxygens (including phenoxy) is 1. The van der Waals surface area contributed by atoms with E-state index in [0.717, 1.165) is 26.5 Å². The summed E-state index contributed by atoms with van der Waals surface area (Å²) in [7, 11) is 1.61. The topological polar surface area (TPSA) is 45.9 Å². The van der Waals surface area contributed by atoms with E-state index in [1.54, 1.807) is 13.2 Å². The molecule has 96 valence electrons. The minimum atomic E-state index is 0.537. The third kappa shape index (κ3) is 3.22. The maximum absolute atomic E-state index is 9.28. The van der Waals surface area contributed by atoms with E-state index in [1.807, 2.05) is 30.5 Å². The molecule has 0 unspecified atom stereocenters. The molecule has 0 amide bonds. The first kappa shape index (κ1) is 13.8. The van der Waals surface area contributed by atoms with Gasteiger partial charge in [0.2, 0.25) is 0 Å². The number of rotatable bonds is 3. The predicted molar refractivity (Wildman–Crippen MR) is 81.0 cm³/mol. The lowest BCUT2D eigenvalue weighted by Crippen LogP contribution is -1.88. The lowest BCUT2D eigenvalue weighted by molar-refractivity contribution is 0.414. The largest absolute Gasteiger partial charge is 0.496 e. The van der Waals surface area contributed by atoms with Gasteiger partial charge in [0.15, 0.2) is 0 Å². The Hall–Kier alpha value is -1.64. The zero-order valence-corrected chi connectivity index (χ0v) is 12.9. The van der Waals surface area contributed by atoms with Gasteiger partial charge >= 0.3 is 0 Å². The molecule has 0 aliphatic rings. The molecule has 0 aliphatic heterocycles. The summed E-state index contributed by atoms with van der Waals surface area (Å²) in [6.45, 7) is 1.91. The van der Waals surface area contributed by atoms with Gasteiger partial charge in [-0.15, -0.1) is 11.3 Å². The van der Waals surface area contributed by atoms with Crippen LogP contribution in [-0.4, -0.2) is 12.1 Å². The van der Waals surface area contributed by atoms with Crippen molar-refractivity contribution in [2.24, 2.45) is 0 Å². The maximum Gasteiger partial charge on any atom is 0.134 e. The second kappa shape index (κ2) is 6.00. The first-order valence-corrected chi connectivity index (χ1v) is 7.19. The van der Waals surface area contributed by atoms with E-state index in [0.29, 0.717) is 5.57 Å². The van der Waals surface area contributed by atoms with Gasteiger partial charge in [0, 0.05) is 21.1 Å². The van der Waals surface area contributed by atoms with E-state index in [2.05, 4.69) is 27.0 Å². The minimum Gasteiger partial charge on any atom is -0.496 e. The van der Waals surface area contributed by atoms with Crippen molar-refractivity contribution in [3.8, 4) is 11.8 Å². The van der Waals surface area contributed by atoms with Crippen LogP contribution in [-0.2, 0) is 0 Å². The summed E-state index contributed by atoms with van der Waals surface area (Å²) < 4.78 is 6.23. The Kier molecular flexibility index (Phi) is 4.35. The molecule has 0 atom stereocenters. The molecule has 0 bridgehead atoms. The fourth-order valence-electron chi connectivity index (χ4n) is 1.59. The number of allylic oxidation sites excluding steroid dienone is 1. The van der Waals surface area contributed by atoms with E-state index in [9.17, 15) is 5.26 Å². The van der Waals surface area contributed by atoms with E-state index in [-0.39, 0.29) is 0 Å². The summed E-state index contributed by atoms with van der Waals surface area (Å²) in [4.78, 5) is 4.33.